The fourth-order valence-corrected chi connectivity index (χ4v) is 3.48. The van der Waals surface area contributed by atoms with E-state index in [1.54, 1.807) is 42.5 Å². The van der Waals surface area contributed by atoms with Gasteiger partial charge in [-0.15, -0.1) is 0 Å². The molecule has 0 aliphatic carbocycles. The number of azo groups is 1. The zero-order chi connectivity index (χ0) is 25.8. The van der Waals surface area contributed by atoms with Crippen molar-refractivity contribution in [2.45, 2.75) is 52.4 Å². The molecular formula is C28H31N3O5. The summed E-state index contributed by atoms with van der Waals surface area (Å²) in [7, 11) is 0. The van der Waals surface area contributed by atoms with Gasteiger partial charge in [-0.1, -0.05) is 39.0 Å². The molecule has 0 bridgehead atoms. The van der Waals surface area contributed by atoms with Crippen LogP contribution in [-0.4, -0.2) is 17.5 Å². The van der Waals surface area contributed by atoms with Crippen molar-refractivity contribution in [3.8, 4) is 11.5 Å². The molecule has 0 aliphatic heterocycles. The smallest absolute Gasteiger partial charge is 0.343 e. The number of aryl methyl sites for hydroxylation is 1. The fourth-order valence-electron chi connectivity index (χ4n) is 3.48. The number of esters is 1. The van der Waals surface area contributed by atoms with Crippen LogP contribution < -0.4 is 9.47 Å². The molecule has 8 nitrogen and oxygen atoms in total. The number of benzene rings is 3. The summed E-state index contributed by atoms with van der Waals surface area (Å²) in [4.78, 5) is 22.8. The number of rotatable bonds is 13. The maximum atomic E-state index is 12.5. The molecule has 3 aromatic rings. The quantitative estimate of drug-likeness (QED) is 0.0600. The maximum Gasteiger partial charge on any atom is 0.343 e. The van der Waals surface area contributed by atoms with E-state index in [-0.39, 0.29) is 5.69 Å². The maximum absolute atomic E-state index is 12.5. The highest BCUT2D eigenvalue weighted by molar-refractivity contribution is 5.91. The summed E-state index contributed by atoms with van der Waals surface area (Å²) >= 11 is 0. The molecule has 0 spiro atoms. The van der Waals surface area contributed by atoms with Crippen LogP contribution in [0.5, 0.6) is 11.5 Å². The monoisotopic (exact) mass is 489 g/mol. The summed E-state index contributed by atoms with van der Waals surface area (Å²) in [6, 6.07) is 17.8. The van der Waals surface area contributed by atoms with Crippen LogP contribution in [0.25, 0.3) is 0 Å². The molecule has 0 atom stereocenters. The third kappa shape index (κ3) is 8.30. The van der Waals surface area contributed by atoms with Crippen molar-refractivity contribution in [3.63, 3.8) is 0 Å². The highest BCUT2D eigenvalue weighted by atomic mass is 16.6. The SMILES string of the molecule is CCCCCCCCOc1ccc(C(=O)Oc2ccc(N=Nc3ccc([N+](=O)[O-])cc3)c(C)c2)cc1. The minimum atomic E-state index is -0.468. The van der Waals surface area contributed by atoms with Gasteiger partial charge in [-0.05, 0) is 73.5 Å². The number of nitro groups is 1. The summed E-state index contributed by atoms with van der Waals surface area (Å²) < 4.78 is 11.3. The lowest BCUT2D eigenvalue weighted by Crippen LogP contribution is -2.08. The molecule has 0 heterocycles. The van der Waals surface area contributed by atoms with Gasteiger partial charge < -0.3 is 9.47 Å². The lowest BCUT2D eigenvalue weighted by molar-refractivity contribution is -0.384. The predicted octanol–water partition coefficient (Wildman–Crippen LogP) is 8.28. The first kappa shape index (κ1) is 26.5. The molecule has 188 valence electrons. The van der Waals surface area contributed by atoms with Crippen LogP contribution in [0, 0.1) is 17.0 Å². The van der Waals surface area contributed by atoms with Crippen LogP contribution in [0.3, 0.4) is 0 Å². The summed E-state index contributed by atoms with van der Waals surface area (Å²) in [5, 5.41) is 19.0. The van der Waals surface area contributed by atoms with E-state index in [1.165, 1.54) is 56.4 Å². The molecule has 0 saturated carbocycles. The average Bonchev–Trinajstić information content (AvgIpc) is 2.88. The Morgan fingerprint density at radius 3 is 2.19 bits per heavy atom. The van der Waals surface area contributed by atoms with Crippen molar-refractivity contribution in [2.75, 3.05) is 6.61 Å². The second-order valence-electron chi connectivity index (χ2n) is 8.45. The van der Waals surface area contributed by atoms with Crippen LogP contribution >= 0.6 is 0 Å². The molecular weight excluding hydrogens is 458 g/mol. The largest absolute Gasteiger partial charge is 0.494 e. The lowest BCUT2D eigenvalue weighted by atomic mass is 10.1. The van der Waals surface area contributed by atoms with E-state index < -0.39 is 10.9 Å². The van der Waals surface area contributed by atoms with Crippen molar-refractivity contribution in [3.05, 3.63) is 88.0 Å². The lowest BCUT2D eigenvalue weighted by Gasteiger charge is -2.08. The number of ether oxygens (including phenoxy) is 2. The first-order valence-electron chi connectivity index (χ1n) is 12.2. The van der Waals surface area contributed by atoms with E-state index in [0.29, 0.717) is 29.3 Å². The molecule has 0 N–H and O–H groups in total. The van der Waals surface area contributed by atoms with Crippen LogP contribution in [0.15, 0.2) is 77.0 Å². The zero-order valence-corrected chi connectivity index (χ0v) is 20.7. The van der Waals surface area contributed by atoms with Gasteiger partial charge in [-0.2, -0.15) is 10.2 Å². The van der Waals surface area contributed by atoms with Gasteiger partial charge in [0.1, 0.15) is 11.5 Å². The third-order valence-corrected chi connectivity index (χ3v) is 5.57. The Bertz CT molecular complexity index is 1170. The number of hydrogen-bond donors (Lipinski definition) is 0. The molecule has 0 radical (unpaired) electrons. The van der Waals surface area contributed by atoms with Crippen LogP contribution in [0.2, 0.25) is 0 Å². The van der Waals surface area contributed by atoms with Crippen molar-refractivity contribution < 1.29 is 19.2 Å². The number of nitro benzene ring substituents is 1. The zero-order valence-electron chi connectivity index (χ0n) is 20.7. The Kier molecular flexibility index (Phi) is 10.1. The van der Waals surface area contributed by atoms with Gasteiger partial charge in [-0.25, -0.2) is 4.79 Å². The summed E-state index contributed by atoms with van der Waals surface area (Å²) in [6.45, 7) is 4.71. The van der Waals surface area contributed by atoms with Crippen molar-refractivity contribution in [1.82, 2.24) is 0 Å². The van der Waals surface area contributed by atoms with E-state index in [0.717, 1.165) is 17.7 Å². The Morgan fingerprint density at radius 2 is 1.53 bits per heavy atom. The van der Waals surface area contributed by atoms with Crippen LogP contribution in [-0.2, 0) is 0 Å². The standard InChI is InChI=1S/C28H31N3O5/c1-3-4-5-6-7-8-19-35-25-15-9-22(10-16-25)28(32)36-26-17-18-27(21(2)20-26)30-29-23-11-13-24(14-12-23)31(33)34/h9-18,20H,3-8,19H2,1-2H3. The molecule has 0 aliphatic rings. The number of carbonyl (C=O) groups excluding carboxylic acids is 1. The highest BCUT2D eigenvalue weighted by Gasteiger charge is 2.10. The minimum Gasteiger partial charge on any atom is -0.494 e. The van der Waals surface area contributed by atoms with Crippen molar-refractivity contribution in [1.29, 1.82) is 0 Å². The Morgan fingerprint density at radius 1 is 0.861 bits per heavy atom. The normalized spacial score (nSPS) is 10.9. The predicted molar refractivity (Wildman–Crippen MR) is 139 cm³/mol. The number of unbranched alkanes of at least 4 members (excludes halogenated alkanes) is 5. The highest BCUT2D eigenvalue weighted by Crippen LogP contribution is 2.27. The molecule has 3 aromatic carbocycles. The van der Waals surface area contributed by atoms with Gasteiger partial charge in [-0.3, -0.25) is 10.1 Å². The van der Waals surface area contributed by atoms with E-state index in [1.807, 2.05) is 6.92 Å². The average molecular weight is 490 g/mol. The van der Waals surface area contributed by atoms with Gasteiger partial charge in [0.2, 0.25) is 0 Å². The number of carbonyl (C=O) groups is 1. The summed E-state index contributed by atoms with van der Waals surface area (Å²) in [5.41, 5.74) is 2.28. The number of nitrogens with zero attached hydrogens (tertiary/aromatic N) is 3. The molecule has 3 rings (SSSR count). The Balaban J connectivity index is 1.50. The van der Waals surface area contributed by atoms with E-state index in [9.17, 15) is 14.9 Å². The van der Waals surface area contributed by atoms with E-state index in [4.69, 9.17) is 9.47 Å². The first-order valence-corrected chi connectivity index (χ1v) is 12.2. The van der Waals surface area contributed by atoms with Crippen LogP contribution in [0.4, 0.5) is 17.1 Å². The molecule has 0 unspecified atom stereocenters. The van der Waals surface area contributed by atoms with E-state index >= 15 is 0 Å². The molecule has 8 heteroatoms. The van der Waals surface area contributed by atoms with Gasteiger partial charge in [0.05, 0.1) is 28.5 Å². The molecule has 0 aromatic heterocycles. The third-order valence-electron chi connectivity index (χ3n) is 5.57. The summed E-state index contributed by atoms with van der Waals surface area (Å²) in [5.74, 6) is 0.672. The molecule has 0 fully saturated rings. The second kappa shape index (κ2) is 13.7. The van der Waals surface area contributed by atoms with Gasteiger partial charge in [0, 0.05) is 12.1 Å². The Hall–Kier alpha value is -4.07. The first-order chi connectivity index (χ1) is 17.5. The fraction of sp³-hybridized carbons (Fsp3) is 0.321. The molecule has 0 amide bonds. The van der Waals surface area contributed by atoms with Gasteiger partial charge >= 0.3 is 5.97 Å². The Labute approximate surface area is 211 Å². The number of non-ortho nitro benzene ring substituents is 1. The topological polar surface area (TPSA) is 103 Å². The van der Waals surface area contributed by atoms with Crippen LogP contribution in [0.1, 0.15) is 61.4 Å². The van der Waals surface area contributed by atoms with Crippen molar-refractivity contribution >= 4 is 23.0 Å². The molecule has 0 saturated heterocycles. The minimum absolute atomic E-state index is 0.00775. The van der Waals surface area contributed by atoms with Crippen molar-refractivity contribution in [2.24, 2.45) is 10.2 Å². The number of hydrogen-bond acceptors (Lipinski definition) is 7. The molecule has 36 heavy (non-hydrogen) atoms. The second-order valence-corrected chi connectivity index (χ2v) is 8.45. The van der Waals surface area contributed by atoms with Gasteiger partial charge in [0.25, 0.3) is 5.69 Å². The van der Waals surface area contributed by atoms with E-state index in [2.05, 4.69) is 17.2 Å². The van der Waals surface area contributed by atoms with Gasteiger partial charge in [0.15, 0.2) is 0 Å². The summed E-state index contributed by atoms with van der Waals surface area (Å²) in [6.07, 6.45) is 7.25.